The molecule has 0 spiro atoms. The quantitative estimate of drug-likeness (QED) is 0.746. The molecular weight excluding hydrogens is 418 g/mol. The van der Waals surface area contributed by atoms with Crippen molar-refractivity contribution in [2.75, 3.05) is 24.4 Å². The number of hydrogen-bond donors (Lipinski definition) is 2. The van der Waals surface area contributed by atoms with Crippen LogP contribution >= 0.6 is 0 Å². The van der Waals surface area contributed by atoms with E-state index in [9.17, 15) is 18.5 Å². The number of nitrogens with one attached hydrogen (secondary N) is 1. The normalized spacial score (nSPS) is 19.4. The minimum atomic E-state index is -3.86. The predicted molar refractivity (Wildman–Crippen MR) is 115 cm³/mol. The molecule has 31 heavy (non-hydrogen) atoms. The summed E-state index contributed by atoms with van der Waals surface area (Å²) in [6, 6.07) is 13.8. The van der Waals surface area contributed by atoms with E-state index >= 15 is 0 Å². The molecule has 10 heteroatoms. The molecule has 1 saturated heterocycles. The number of nitrogens with zero attached hydrogens (tertiary/aromatic N) is 3. The van der Waals surface area contributed by atoms with Gasteiger partial charge in [0.05, 0.1) is 35.1 Å². The monoisotopic (exact) mass is 439 g/mol. The number of amidine groups is 1. The molecule has 0 aliphatic carbocycles. The summed E-state index contributed by atoms with van der Waals surface area (Å²) in [5.41, 5.74) is 7.34. The maximum absolute atomic E-state index is 12.9. The summed E-state index contributed by atoms with van der Waals surface area (Å²) in [5, 5.41) is 9.28. The van der Waals surface area contributed by atoms with Gasteiger partial charge in [-0.1, -0.05) is 18.2 Å². The number of nitriles is 1. The Morgan fingerprint density at radius 2 is 2.10 bits per heavy atom. The molecule has 2 aliphatic rings. The molecule has 2 aromatic rings. The number of anilines is 1. The highest BCUT2D eigenvalue weighted by Gasteiger charge is 2.28. The van der Waals surface area contributed by atoms with E-state index in [1.165, 1.54) is 0 Å². The lowest BCUT2D eigenvalue weighted by Gasteiger charge is -2.33. The summed E-state index contributed by atoms with van der Waals surface area (Å²) >= 11 is 0. The standard InChI is InChI=1S/C21H21N5O4S/c22-11-15-6-1-2-7-16(15)21(27)26-10-4-5-14(12-26)13-30-18-9-3-8-17-19(18)20(23)25-31(28,29)24-17/h1-3,6-9,14,24H,4-5,10,12-13H2,(H2,23,25)/t14-/m0/s1. The molecule has 0 unspecified atom stereocenters. The average molecular weight is 439 g/mol. The second kappa shape index (κ2) is 8.28. The molecule has 0 bridgehead atoms. The maximum Gasteiger partial charge on any atom is 0.344 e. The number of rotatable bonds is 4. The van der Waals surface area contributed by atoms with E-state index in [1.807, 2.05) is 0 Å². The van der Waals surface area contributed by atoms with Crippen LogP contribution in [0.4, 0.5) is 5.69 Å². The molecule has 3 N–H and O–H groups in total. The second-order valence-corrected chi connectivity index (χ2v) is 8.80. The smallest absolute Gasteiger partial charge is 0.344 e. The third kappa shape index (κ3) is 4.32. The van der Waals surface area contributed by atoms with E-state index in [0.29, 0.717) is 47.8 Å². The molecule has 1 atom stereocenters. The van der Waals surface area contributed by atoms with Crippen LogP contribution in [0.25, 0.3) is 0 Å². The lowest BCUT2D eigenvalue weighted by Crippen LogP contribution is -2.42. The number of amides is 1. The summed E-state index contributed by atoms with van der Waals surface area (Å²) in [7, 11) is -3.86. The highest BCUT2D eigenvalue weighted by Crippen LogP contribution is 2.31. The molecule has 0 aromatic heterocycles. The Bertz CT molecular complexity index is 1200. The highest BCUT2D eigenvalue weighted by atomic mass is 32.2. The first-order chi connectivity index (χ1) is 14.9. The number of carbonyl (C=O) groups is 1. The van der Waals surface area contributed by atoms with Crippen molar-refractivity contribution in [1.29, 1.82) is 5.26 Å². The Balaban J connectivity index is 1.46. The van der Waals surface area contributed by atoms with Crippen molar-refractivity contribution >= 4 is 27.6 Å². The molecule has 2 aliphatic heterocycles. The molecule has 2 heterocycles. The Morgan fingerprint density at radius 3 is 2.90 bits per heavy atom. The number of hydrogen-bond acceptors (Lipinski definition) is 6. The molecule has 0 saturated carbocycles. The van der Waals surface area contributed by atoms with Crippen LogP contribution in [-0.4, -0.2) is 44.8 Å². The molecule has 4 rings (SSSR count). The Morgan fingerprint density at radius 1 is 1.29 bits per heavy atom. The highest BCUT2D eigenvalue weighted by molar-refractivity contribution is 7.91. The van der Waals surface area contributed by atoms with Gasteiger partial charge in [0.15, 0.2) is 5.84 Å². The summed E-state index contributed by atoms with van der Waals surface area (Å²) in [6.45, 7) is 1.46. The SMILES string of the molecule is N#Cc1ccccc1C(=O)N1CCC[C@H](COc2cccc3c2C(N)=NS(=O)(=O)N3)C1. The molecule has 1 amide bonds. The fourth-order valence-electron chi connectivity index (χ4n) is 3.87. The summed E-state index contributed by atoms with van der Waals surface area (Å²) in [5.74, 6) is 0.225. The van der Waals surface area contributed by atoms with E-state index < -0.39 is 10.2 Å². The first kappa shape index (κ1) is 20.7. The minimum Gasteiger partial charge on any atom is -0.492 e. The van der Waals surface area contributed by atoms with Gasteiger partial charge in [-0.2, -0.15) is 13.7 Å². The number of carbonyl (C=O) groups excluding carboxylic acids is 1. The van der Waals surface area contributed by atoms with Crippen molar-refractivity contribution in [3.8, 4) is 11.8 Å². The van der Waals surface area contributed by atoms with Gasteiger partial charge in [-0.25, -0.2) is 0 Å². The van der Waals surface area contributed by atoms with E-state index in [-0.39, 0.29) is 17.7 Å². The van der Waals surface area contributed by atoms with E-state index in [4.69, 9.17) is 10.5 Å². The zero-order valence-corrected chi connectivity index (χ0v) is 17.4. The third-order valence-corrected chi connectivity index (χ3v) is 6.21. The van der Waals surface area contributed by atoms with Crippen LogP contribution in [0.2, 0.25) is 0 Å². The van der Waals surface area contributed by atoms with Crippen molar-refractivity contribution in [2.45, 2.75) is 12.8 Å². The van der Waals surface area contributed by atoms with Gasteiger partial charge in [0, 0.05) is 19.0 Å². The van der Waals surface area contributed by atoms with Gasteiger partial charge in [0.2, 0.25) is 0 Å². The van der Waals surface area contributed by atoms with Crippen molar-refractivity contribution in [3.63, 3.8) is 0 Å². The molecule has 9 nitrogen and oxygen atoms in total. The molecule has 0 radical (unpaired) electrons. The Labute approximate surface area is 180 Å². The van der Waals surface area contributed by atoms with E-state index in [2.05, 4.69) is 15.2 Å². The Kier molecular flexibility index (Phi) is 5.52. The van der Waals surface area contributed by atoms with Gasteiger partial charge in [0.1, 0.15) is 5.75 Å². The maximum atomic E-state index is 12.9. The van der Waals surface area contributed by atoms with Crippen molar-refractivity contribution < 1.29 is 17.9 Å². The second-order valence-electron chi connectivity index (χ2n) is 7.46. The van der Waals surface area contributed by atoms with Gasteiger partial charge in [-0.15, -0.1) is 4.40 Å². The zero-order valence-electron chi connectivity index (χ0n) is 16.6. The number of fused-ring (bicyclic) bond motifs is 1. The molecular formula is C21H21N5O4S. The summed E-state index contributed by atoms with van der Waals surface area (Å²) in [6.07, 6.45) is 1.71. The van der Waals surface area contributed by atoms with Gasteiger partial charge < -0.3 is 15.4 Å². The van der Waals surface area contributed by atoms with Crippen LogP contribution in [0, 0.1) is 17.2 Å². The van der Waals surface area contributed by atoms with Crippen molar-refractivity contribution in [1.82, 2.24) is 4.90 Å². The predicted octanol–water partition coefficient (Wildman–Crippen LogP) is 1.87. The number of nitrogens with two attached hydrogens (primary N) is 1. The van der Waals surface area contributed by atoms with Gasteiger partial charge >= 0.3 is 10.2 Å². The Hall–Kier alpha value is -3.58. The first-order valence-electron chi connectivity index (χ1n) is 9.81. The number of ether oxygens (including phenoxy) is 1. The van der Waals surface area contributed by atoms with Gasteiger partial charge in [0.25, 0.3) is 5.91 Å². The van der Waals surface area contributed by atoms with Crippen LogP contribution in [0.1, 0.15) is 34.3 Å². The van der Waals surface area contributed by atoms with Crippen LogP contribution in [0.3, 0.4) is 0 Å². The summed E-state index contributed by atoms with van der Waals surface area (Å²) < 4.78 is 35.3. The van der Waals surface area contributed by atoms with Gasteiger partial charge in [-0.05, 0) is 37.1 Å². The molecule has 160 valence electrons. The van der Waals surface area contributed by atoms with Crippen LogP contribution < -0.4 is 15.2 Å². The van der Waals surface area contributed by atoms with Crippen LogP contribution in [0.15, 0.2) is 46.9 Å². The minimum absolute atomic E-state index is 0.0845. The lowest BCUT2D eigenvalue weighted by atomic mass is 9.97. The van der Waals surface area contributed by atoms with E-state index in [0.717, 1.165) is 12.8 Å². The first-order valence-corrected chi connectivity index (χ1v) is 11.2. The number of benzene rings is 2. The average Bonchev–Trinajstić information content (AvgIpc) is 2.76. The van der Waals surface area contributed by atoms with Crippen LogP contribution in [0.5, 0.6) is 5.75 Å². The third-order valence-electron chi connectivity index (χ3n) is 5.30. The number of likely N-dealkylation sites (tertiary alicyclic amines) is 1. The molecule has 2 aromatic carbocycles. The van der Waals surface area contributed by atoms with Crippen molar-refractivity contribution in [3.05, 3.63) is 59.2 Å². The van der Waals surface area contributed by atoms with Crippen molar-refractivity contribution in [2.24, 2.45) is 16.0 Å². The number of piperidine rings is 1. The van der Waals surface area contributed by atoms with Crippen LogP contribution in [-0.2, 0) is 10.2 Å². The fraction of sp³-hybridized carbons (Fsp3) is 0.286. The summed E-state index contributed by atoms with van der Waals surface area (Å²) in [4.78, 5) is 14.7. The zero-order chi connectivity index (χ0) is 22.0. The fourth-order valence-corrected chi connectivity index (χ4v) is 4.71. The molecule has 1 fully saturated rings. The van der Waals surface area contributed by atoms with E-state index in [1.54, 1.807) is 47.4 Å². The van der Waals surface area contributed by atoms with Gasteiger partial charge in [-0.3, -0.25) is 9.52 Å². The lowest BCUT2D eigenvalue weighted by molar-refractivity contribution is 0.0633. The topological polar surface area (TPSA) is 138 Å². The largest absolute Gasteiger partial charge is 0.492 e.